The first-order valence-corrected chi connectivity index (χ1v) is 7.13. The van der Waals surface area contributed by atoms with Crippen LogP contribution in [-0.4, -0.2) is 30.5 Å². The van der Waals surface area contributed by atoms with Gasteiger partial charge in [0.15, 0.2) is 0 Å². The molecule has 1 heterocycles. The third kappa shape index (κ3) is 2.96. The second-order valence-corrected chi connectivity index (χ2v) is 5.31. The minimum Gasteiger partial charge on any atom is -0.496 e. The van der Waals surface area contributed by atoms with E-state index in [1.807, 2.05) is 17.2 Å². The summed E-state index contributed by atoms with van der Waals surface area (Å²) in [6.45, 7) is 2.78. The molecule has 1 fully saturated rings. The summed E-state index contributed by atoms with van der Waals surface area (Å²) in [6, 6.07) is 2.97. The van der Waals surface area contributed by atoms with Crippen molar-refractivity contribution in [2.75, 3.05) is 18.6 Å². The van der Waals surface area contributed by atoms with Crippen LogP contribution in [0.2, 0.25) is 0 Å². The molecule has 1 amide bonds. The third-order valence-electron chi connectivity index (χ3n) is 3.98. The number of carbonyl (C=O) groups is 1. The molecule has 2 rings (SSSR count). The number of nitrogens with zero attached hydrogens (tertiary/aromatic N) is 2. The Hall–Kier alpha value is -2.35. The summed E-state index contributed by atoms with van der Waals surface area (Å²) in [7, 11) is 1.41. The second kappa shape index (κ2) is 6.61. The van der Waals surface area contributed by atoms with E-state index in [0.717, 1.165) is 25.8 Å². The first-order chi connectivity index (χ1) is 10.5. The van der Waals surface area contributed by atoms with Gasteiger partial charge in [-0.05, 0) is 26.2 Å². The van der Waals surface area contributed by atoms with Gasteiger partial charge in [-0.25, -0.2) is 5.84 Å². The number of piperidine rings is 1. The first-order valence-electron chi connectivity index (χ1n) is 7.13. The summed E-state index contributed by atoms with van der Waals surface area (Å²) in [4.78, 5) is 24.7. The van der Waals surface area contributed by atoms with Gasteiger partial charge in [0.25, 0.3) is 11.6 Å². The molecule has 0 aliphatic carbocycles. The minimum absolute atomic E-state index is 0.0464. The van der Waals surface area contributed by atoms with Crippen LogP contribution in [0, 0.1) is 10.1 Å². The smallest absolute Gasteiger partial charge is 0.293 e. The number of methoxy groups -OCH3 is 1. The molecule has 3 N–H and O–H groups in total. The van der Waals surface area contributed by atoms with Crippen molar-refractivity contribution in [3.05, 3.63) is 27.8 Å². The molecule has 1 aliphatic heterocycles. The van der Waals surface area contributed by atoms with Crippen LogP contribution in [0.4, 0.5) is 11.4 Å². The Kier molecular flexibility index (Phi) is 4.81. The molecule has 0 aromatic heterocycles. The van der Waals surface area contributed by atoms with Crippen LogP contribution in [0.25, 0.3) is 0 Å². The molecule has 0 radical (unpaired) electrons. The van der Waals surface area contributed by atoms with E-state index in [2.05, 4.69) is 0 Å². The van der Waals surface area contributed by atoms with Crippen molar-refractivity contribution in [1.82, 2.24) is 5.43 Å². The summed E-state index contributed by atoms with van der Waals surface area (Å²) < 4.78 is 5.20. The lowest BCUT2D eigenvalue weighted by atomic mass is 10.0. The zero-order valence-electron chi connectivity index (χ0n) is 12.7. The number of nitrogen functional groups attached to an aromatic ring is 1. The van der Waals surface area contributed by atoms with Crippen molar-refractivity contribution in [2.45, 2.75) is 32.2 Å². The Morgan fingerprint density at radius 2 is 2.23 bits per heavy atom. The number of hydrogen-bond acceptors (Lipinski definition) is 6. The number of amides is 1. The molecule has 22 heavy (non-hydrogen) atoms. The van der Waals surface area contributed by atoms with E-state index >= 15 is 0 Å². The normalized spacial score (nSPS) is 18.0. The molecule has 1 saturated heterocycles. The van der Waals surface area contributed by atoms with E-state index in [1.165, 1.54) is 13.2 Å². The summed E-state index contributed by atoms with van der Waals surface area (Å²) in [5.74, 6) is 4.76. The van der Waals surface area contributed by atoms with Gasteiger partial charge in [-0.1, -0.05) is 0 Å². The molecule has 0 spiro atoms. The van der Waals surface area contributed by atoms with Gasteiger partial charge in [0.05, 0.1) is 17.6 Å². The molecule has 1 aromatic rings. The first kappa shape index (κ1) is 16.0. The SMILES string of the molecule is COc1cc(N2CCCCC2C)c([N+](=O)[O-])cc1C(=O)NN. The summed E-state index contributed by atoms with van der Waals surface area (Å²) >= 11 is 0. The molecule has 0 saturated carbocycles. The Labute approximate surface area is 128 Å². The number of hydrogen-bond donors (Lipinski definition) is 2. The van der Waals surface area contributed by atoms with Gasteiger partial charge >= 0.3 is 0 Å². The summed E-state index contributed by atoms with van der Waals surface area (Å²) in [6.07, 6.45) is 3.07. The van der Waals surface area contributed by atoms with Gasteiger partial charge in [0.2, 0.25) is 0 Å². The van der Waals surface area contributed by atoms with Crippen molar-refractivity contribution >= 4 is 17.3 Å². The van der Waals surface area contributed by atoms with Crippen LogP contribution in [-0.2, 0) is 0 Å². The van der Waals surface area contributed by atoms with Crippen LogP contribution >= 0.6 is 0 Å². The lowest BCUT2D eigenvalue weighted by Crippen LogP contribution is -2.38. The molecule has 120 valence electrons. The molecular weight excluding hydrogens is 288 g/mol. The van der Waals surface area contributed by atoms with Crippen LogP contribution < -0.4 is 20.9 Å². The predicted molar refractivity (Wildman–Crippen MR) is 82.0 cm³/mol. The average Bonchev–Trinajstić information content (AvgIpc) is 2.53. The third-order valence-corrected chi connectivity index (χ3v) is 3.98. The quantitative estimate of drug-likeness (QED) is 0.378. The lowest BCUT2D eigenvalue weighted by molar-refractivity contribution is -0.384. The average molecular weight is 308 g/mol. The predicted octanol–water partition coefficient (Wildman–Crippen LogP) is 1.59. The lowest BCUT2D eigenvalue weighted by Gasteiger charge is -2.35. The van der Waals surface area contributed by atoms with Gasteiger partial charge in [-0.2, -0.15) is 0 Å². The molecule has 0 bridgehead atoms. The highest BCUT2D eigenvalue weighted by molar-refractivity contribution is 5.98. The van der Waals surface area contributed by atoms with E-state index in [4.69, 9.17) is 10.6 Å². The second-order valence-electron chi connectivity index (χ2n) is 5.31. The molecule has 1 aromatic carbocycles. The van der Waals surface area contributed by atoms with Crippen LogP contribution in [0.5, 0.6) is 5.75 Å². The van der Waals surface area contributed by atoms with E-state index in [-0.39, 0.29) is 23.0 Å². The van der Waals surface area contributed by atoms with Gasteiger partial charge in [0.1, 0.15) is 11.4 Å². The number of carbonyl (C=O) groups excluding carboxylic acids is 1. The van der Waals surface area contributed by atoms with Crippen molar-refractivity contribution in [3.8, 4) is 5.75 Å². The van der Waals surface area contributed by atoms with Gasteiger partial charge < -0.3 is 9.64 Å². The number of benzene rings is 1. The van der Waals surface area contributed by atoms with E-state index in [1.54, 1.807) is 6.07 Å². The fourth-order valence-electron chi connectivity index (χ4n) is 2.81. The van der Waals surface area contributed by atoms with Crippen molar-refractivity contribution in [3.63, 3.8) is 0 Å². The van der Waals surface area contributed by atoms with Crippen LogP contribution in [0.3, 0.4) is 0 Å². The summed E-state index contributed by atoms with van der Waals surface area (Å²) in [5, 5.41) is 11.4. The standard InChI is InChI=1S/C14H20N4O4/c1-9-5-3-4-6-17(9)11-8-13(22-2)10(14(19)16-15)7-12(11)18(20)21/h7-9H,3-6,15H2,1-2H3,(H,16,19). The maximum Gasteiger partial charge on any atom is 0.293 e. The minimum atomic E-state index is -0.627. The maximum absolute atomic E-state index is 11.8. The van der Waals surface area contributed by atoms with Crippen molar-refractivity contribution in [1.29, 1.82) is 0 Å². The molecule has 1 atom stereocenters. The van der Waals surface area contributed by atoms with E-state index < -0.39 is 10.8 Å². The number of ether oxygens (including phenoxy) is 1. The Bertz CT molecular complexity index is 590. The molecular formula is C14H20N4O4. The molecule has 8 nitrogen and oxygen atoms in total. The Morgan fingerprint density at radius 1 is 1.50 bits per heavy atom. The van der Waals surface area contributed by atoms with Gasteiger partial charge in [-0.3, -0.25) is 20.3 Å². The highest BCUT2D eigenvalue weighted by Gasteiger charge is 2.29. The monoisotopic (exact) mass is 308 g/mol. The Morgan fingerprint density at radius 3 is 2.77 bits per heavy atom. The summed E-state index contributed by atoms with van der Waals surface area (Å²) in [5.41, 5.74) is 2.38. The topological polar surface area (TPSA) is 111 Å². The number of rotatable bonds is 4. The zero-order chi connectivity index (χ0) is 16.3. The van der Waals surface area contributed by atoms with E-state index in [0.29, 0.717) is 5.69 Å². The zero-order valence-corrected chi connectivity index (χ0v) is 12.7. The van der Waals surface area contributed by atoms with E-state index in [9.17, 15) is 14.9 Å². The van der Waals surface area contributed by atoms with Gasteiger partial charge in [-0.15, -0.1) is 0 Å². The number of anilines is 1. The molecule has 1 unspecified atom stereocenters. The number of nitrogens with two attached hydrogens (primary N) is 1. The van der Waals surface area contributed by atoms with Crippen LogP contribution in [0.1, 0.15) is 36.5 Å². The highest BCUT2D eigenvalue weighted by atomic mass is 16.6. The van der Waals surface area contributed by atoms with Crippen molar-refractivity contribution in [2.24, 2.45) is 5.84 Å². The Balaban J connectivity index is 2.57. The highest BCUT2D eigenvalue weighted by Crippen LogP contribution is 2.38. The van der Waals surface area contributed by atoms with Crippen LogP contribution in [0.15, 0.2) is 12.1 Å². The fourth-order valence-corrected chi connectivity index (χ4v) is 2.81. The fraction of sp³-hybridized carbons (Fsp3) is 0.500. The largest absolute Gasteiger partial charge is 0.496 e. The van der Waals surface area contributed by atoms with Crippen molar-refractivity contribution < 1.29 is 14.5 Å². The maximum atomic E-state index is 11.8. The number of nitro groups is 1. The molecule has 1 aliphatic rings. The number of nitro benzene ring substituents is 1. The number of hydrazine groups is 1. The number of nitrogens with one attached hydrogen (secondary N) is 1. The molecule has 8 heteroatoms. The van der Waals surface area contributed by atoms with Gasteiger partial charge in [0, 0.05) is 24.7 Å².